The highest BCUT2D eigenvalue weighted by Crippen LogP contribution is 2.28. The van der Waals surface area contributed by atoms with E-state index in [1.54, 1.807) is 31.2 Å². The van der Waals surface area contributed by atoms with Crippen LogP contribution in [0.1, 0.15) is 24.1 Å². The average Bonchev–Trinajstić information content (AvgIpc) is 2.60. The molecular weight excluding hydrogens is 373 g/mol. The topological polar surface area (TPSA) is 29.5 Å². The summed E-state index contributed by atoms with van der Waals surface area (Å²) < 4.78 is 19.8. The molecule has 2 rings (SSSR count). The number of hydrogen-bond donors (Lipinski definition) is 0. The summed E-state index contributed by atoms with van der Waals surface area (Å²) in [6, 6.07) is 12.0. The monoisotopic (exact) mass is 391 g/mol. The van der Waals surface area contributed by atoms with Gasteiger partial charge in [-0.1, -0.05) is 34.1 Å². The Bertz CT molecular complexity index is 761. The van der Waals surface area contributed by atoms with Crippen LogP contribution in [0, 0.1) is 5.82 Å². The minimum absolute atomic E-state index is 0.175. The first kappa shape index (κ1) is 18.2. The molecule has 1 atom stereocenters. The van der Waals surface area contributed by atoms with Crippen molar-refractivity contribution in [1.29, 1.82) is 0 Å². The SMILES string of the molecule is COc1ccccc1C(C)N(C)C(=O)/C=C/c1cc(Br)ccc1F. The Kier molecular flexibility index (Phi) is 6.15. The van der Waals surface area contributed by atoms with Crippen LogP contribution in [-0.2, 0) is 4.79 Å². The summed E-state index contributed by atoms with van der Waals surface area (Å²) in [5.74, 6) is 0.141. The maximum Gasteiger partial charge on any atom is 0.246 e. The first-order valence-electron chi connectivity index (χ1n) is 7.47. The smallest absolute Gasteiger partial charge is 0.246 e. The zero-order valence-corrected chi connectivity index (χ0v) is 15.4. The number of nitrogens with zero attached hydrogens (tertiary/aromatic N) is 1. The third-order valence-corrected chi connectivity index (χ3v) is 4.37. The van der Waals surface area contributed by atoms with Gasteiger partial charge in [-0.2, -0.15) is 0 Å². The van der Waals surface area contributed by atoms with Crippen molar-refractivity contribution in [2.24, 2.45) is 0 Å². The van der Waals surface area contributed by atoms with Gasteiger partial charge in [0.15, 0.2) is 0 Å². The standard InChI is InChI=1S/C19H19BrFNO2/c1-13(16-6-4-5-7-18(16)24-3)22(2)19(23)11-8-14-12-15(20)9-10-17(14)21/h4-13H,1-3H3/b11-8+. The second-order valence-corrected chi connectivity index (χ2v) is 6.28. The van der Waals surface area contributed by atoms with Gasteiger partial charge in [-0.3, -0.25) is 4.79 Å². The van der Waals surface area contributed by atoms with Crippen molar-refractivity contribution in [2.45, 2.75) is 13.0 Å². The van der Waals surface area contributed by atoms with Crippen LogP contribution in [-0.4, -0.2) is 25.0 Å². The third-order valence-electron chi connectivity index (χ3n) is 3.88. The molecule has 2 aromatic carbocycles. The van der Waals surface area contributed by atoms with Gasteiger partial charge in [-0.15, -0.1) is 0 Å². The second kappa shape index (κ2) is 8.11. The van der Waals surface area contributed by atoms with E-state index in [4.69, 9.17) is 4.74 Å². The summed E-state index contributed by atoms with van der Waals surface area (Å²) in [4.78, 5) is 14.0. The fourth-order valence-electron chi connectivity index (χ4n) is 2.33. The molecule has 0 bridgehead atoms. The zero-order chi connectivity index (χ0) is 17.7. The Balaban J connectivity index is 2.17. The number of likely N-dealkylation sites (N-methyl/N-ethyl adjacent to an activating group) is 1. The van der Waals surface area contributed by atoms with Crippen LogP contribution in [0.15, 0.2) is 53.0 Å². The lowest BCUT2D eigenvalue weighted by atomic mass is 10.1. The van der Waals surface area contributed by atoms with Gasteiger partial charge in [-0.25, -0.2) is 4.39 Å². The summed E-state index contributed by atoms with van der Waals surface area (Å²) >= 11 is 3.29. The molecular formula is C19H19BrFNO2. The molecule has 0 aliphatic heterocycles. The fraction of sp³-hybridized carbons (Fsp3) is 0.211. The molecule has 0 saturated carbocycles. The van der Waals surface area contributed by atoms with Crippen molar-refractivity contribution >= 4 is 27.9 Å². The van der Waals surface area contributed by atoms with Crippen LogP contribution in [0.5, 0.6) is 5.75 Å². The van der Waals surface area contributed by atoms with Gasteiger partial charge in [0.1, 0.15) is 11.6 Å². The number of amides is 1. The van der Waals surface area contributed by atoms with Gasteiger partial charge in [0.25, 0.3) is 0 Å². The zero-order valence-electron chi connectivity index (χ0n) is 13.8. The normalized spacial score (nSPS) is 12.2. The van der Waals surface area contributed by atoms with E-state index in [0.717, 1.165) is 15.8 Å². The van der Waals surface area contributed by atoms with E-state index in [0.29, 0.717) is 5.56 Å². The number of hydrogen-bond acceptors (Lipinski definition) is 2. The van der Waals surface area contributed by atoms with Crippen molar-refractivity contribution in [3.63, 3.8) is 0 Å². The second-order valence-electron chi connectivity index (χ2n) is 5.37. The van der Waals surface area contributed by atoms with E-state index < -0.39 is 0 Å². The van der Waals surface area contributed by atoms with E-state index >= 15 is 0 Å². The summed E-state index contributed by atoms with van der Waals surface area (Å²) in [6.45, 7) is 1.92. The number of para-hydroxylation sites is 1. The van der Waals surface area contributed by atoms with E-state index in [1.165, 1.54) is 18.2 Å². The van der Waals surface area contributed by atoms with Crippen LogP contribution in [0.4, 0.5) is 4.39 Å². The molecule has 5 heteroatoms. The van der Waals surface area contributed by atoms with Crippen LogP contribution in [0.25, 0.3) is 6.08 Å². The van der Waals surface area contributed by atoms with Crippen LogP contribution in [0.3, 0.4) is 0 Å². The lowest BCUT2D eigenvalue weighted by Crippen LogP contribution is -2.28. The van der Waals surface area contributed by atoms with E-state index in [2.05, 4.69) is 15.9 Å². The predicted molar refractivity (Wildman–Crippen MR) is 97.3 cm³/mol. The lowest BCUT2D eigenvalue weighted by Gasteiger charge is -2.25. The Morgan fingerprint density at radius 2 is 2.00 bits per heavy atom. The lowest BCUT2D eigenvalue weighted by molar-refractivity contribution is -0.126. The molecule has 0 N–H and O–H groups in total. The minimum Gasteiger partial charge on any atom is -0.496 e. The molecule has 0 spiro atoms. The molecule has 3 nitrogen and oxygen atoms in total. The maximum absolute atomic E-state index is 13.7. The Hall–Kier alpha value is -2.14. The van der Waals surface area contributed by atoms with Gasteiger partial charge in [0.05, 0.1) is 13.2 Å². The van der Waals surface area contributed by atoms with Gasteiger partial charge in [0, 0.05) is 28.7 Å². The highest BCUT2D eigenvalue weighted by molar-refractivity contribution is 9.10. The molecule has 0 saturated heterocycles. The minimum atomic E-state index is -0.373. The Morgan fingerprint density at radius 1 is 1.29 bits per heavy atom. The van der Waals surface area contributed by atoms with Crippen molar-refractivity contribution in [3.05, 3.63) is 70.0 Å². The quantitative estimate of drug-likeness (QED) is 0.683. The van der Waals surface area contributed by atoms with Crippen molar-refractivity contribution < 1.29 is 13.9 Å². The summed E-state index contributed by atoms with van der Waals surface area (Å²) in [5, 5.41) is 0. The molecule has 0 fully saturated rings. The van der Waals surface area contributed by atoms with Crippen molar-refractivity contribution in [2.75, 3.05) is 14.2 Å². The number of carbonyl (C=O) groups excluding carboxylic acids is 1. The van der Waals surface area contributed by atoms with Gasteiger partial charge in [0.2, 0.25) is 5.91 Å². The van der Waals surface area contributed by atoms with Crippen molar-refractivity contribution in [1.82, 2.24) is 4.90 Å². The Labute approximate surface area is 149 Å². The highest BCUT2D eigenvalue weighted by Gasteiger charge is 2.18. The molecule has 2 aromatic rings. The third kappa shape index (κ3) is 4.23. The number of methoxy groups -OCH3 is 1. The predicted octanol–water partition coefficient (Wildman–Crippen LogP) is 4.83. The number of benzene rings is 2. The molecule has 0 radical (unpaired) electrons. The van der Waals surface area contributed by atoms with Crippen LogP contribution < -0.4 is 4.74 Å². The van der Waals surface area contributed by atoms with Crippen molar-refractivity contribution in [3.8, 4) is 5.75 Å². The van der Waals surface area contributed by atoms with Gasteiger partial charge in [-0.05, 0) is 37.3 Å². The van der Waals surface area contributed by atoms with E-state index in [1.807, 2.05) is 31.2 Å². The fourth-order valence-corrected chi connectivity index (χ4v) is 2.71. The molecule has 1 unspecified atom stereocenters. The van der Waals surface area contributed by atoms with Gasteiger partial charge >= 0.3 is 0 Å². The molecule has 0 aliphatic rings. The van der Waals surface area contributed by atoms with Crippen LogP contribution in [0.2, 0.25) is 0 Å². The summed E-state index contributed by atoms with van der Waals surface area (Å²) in [6.07, 6.45) is 2.85. The summed E-state index contributed by atoms with van der Waals surface area (Å²) in [5.41, 5.74) is 1.27. The first-order chi connectivity index (χ1) is 11.4. The molecule has 0 aliphatic carbocycles. The molecule has 0 aromatic heterocycles. The number of ether oxygens (including phenoxy) is 1. The first-order valence-corrected chi connectivity index (χ1v) is 8.26. The number of halogens is 2. The van der Waals surface area contributed by atoms with Crippen LogP contribution >= 0.6 is 15.9 Å². The summed E-state index contributed by atoms with van der Waals surface area (Å²) in [7, 11) is 3.31. The molecule has 0 heterocycles. The molecule has 1 amide bonds. The highest BCUT2D eigenvalue weighted by atomic mass is 79.9. The number of carbonyl (C=O) groups is 1. The number of rotatable bonds is 5. The molecule has 24 heavy (non-hydrogen) atoms. The molecule has 126 valence electrons. The maximum atomic E-state index is 13.7. The van der Waals surface area contributed by atoms with Gasteiger partial charge < -0.3 is 9.64 Å². The average molecular weight is 392 g/mol. The largest absolute Gasteiger partial charge is 0.496 e. The Morgan fingerprint density at radius 3 is 2.71 bits per heavy atom. The van der Waals surface area contributed by atoms with E-state index in [9.17, 15) is 9.18 Å². The van der Waals surface area contributed by atoms with E-state index in [-0.39, 0.29) is 17.8 Å².